The molecule has 0 aliphatic rings. The summed E-state index contributed by atoms with van der Waals surface area (Å²) in [4.78, 5) is 18.5. The zero-order valence-electron chi connectivity index (χ0n) is 14.2. The summed E-state index contributed by atoms with van der Waals surface area (Å²) in [5, 5.41) is 0. The van der Waals surface area contributed by atoms with Gasteiger partial charge in [0.05, 0.1) is 4.90 Å². The Labute approximate surface area is 143 Å². The highest BCUT2D eigenvalue weighted by atomic mass is 32.2. The maximum absolute atomic E-state index is 12.3. The van der Waals surface area contributed by atoms with Crippen molar-refractivity contribution < 1.29 is 13.2 Å². The Kier molecular flexibility index (Phi) is 5.72. The molecule has 0 N–H and O–H groups in total. The molecule has 0 spiro atoms. The molecule has 0 aliphatic heterocycles. The molecule has 24 heavy (non-hydrogen) atoms. The molecule has 0 fully saturated rings. The second-order valence-corrected chi connectivity index (χ2v) is 7.95. The summed E-state index contributed by atoms with van der Waals surface area (Å²) in [6, 6.07) is 10.5. The molecule has 0 unspecified atom stereocenters. The highest BCUT2D eigenvalue weighted by Gasteiger charge is 2.13. The van der Waals surface area contributed by atoms with Gasteiger partial charge in [0, 0.05) is 38.2 Å². The van der Waals surface area contributed by atoms with E-state index in [0.717, 1.165) is 16.8 Å². The number of carbonyl (C=O) groups is 1. The first-order valence-electron chi connectivity index (χ1n) is 7.71. The molecule has 5 nitrogen and oxygen atoms in total. The molecule has 128 valence electrons. The number of rotatable bonds is 6. The minimum atomic E-state index is -3.24. The van der Waals surface area contributed by atoms with Crippen LogP contribution in [0.1, 0.15) is 23.2 Å². The molecular formula is C18H22N2O3S. The molecule has 1 heterocycles. The van der Waals surface area contributed by atoms with Gasteiger partial charge in [-0.3, -0.25) is 9.78 Å². The largest absolute Gasteiger partial charge is 0.341 e. The van der Waals surface area contributed by atoms with Crippen LogP contribution in [0.15, 0.2) is 47.5 Å². The van der Waals surface area contributed by atoms with Gasteiger partial charge >= 0.3 is 0 Å². The quantitative estimate of drug-likeness (QED) is 0.805. The predicted molar refractivity (Wildman–Crippen MR) is 93.3 cm³/mol. The van der Waals surface area contributed by atoms with Crippen molar-refractivity contribution in [3.05, 3.63) is 59.4 Å². The topological polar surface area (TPSA) is 67.3 Å². The van der Waals surface area contributed by atoms with E-state index in [-0.39, 0.29) is 10.8 Å². The molecule has 0 aliphatic carbocycles. The number of hydrogen-bond acceptors (Lipinski definition) is 4. The second-order valence-electron chi connectivity index (χ2n) is 5.94. The zero-order valence-corrected chi connectivity index (χ0v) is 15.0. The fraction of sp³-hybridized carbons (Fsp3) is 0.333. The van der Waals surface area contributed by atoms with Crippen LogP contribution in [0.5, 0.6) is 0 Å². The van der Waals surface area contributed by atoms with Crippen molar-refractivity contribution in [2.45, 2.75) is 31.2 Å². The van der Waals surface area contributed by atoms with Crippen LogP contribution in [0.4, 0.5) is 0 Å². The Morgan fingerprint density at radius 1 is 1.21 bits per heavy atom. The third kappa shape index (κ3) is 4.89. The van der Waals surface area contributed by atoms with E-state index in [4.69, 9.17) is 0 Å². The van der Waals surface area contributed by atoms with Crippen LogP contribution in [0.25, 0.3) is 0 Å². The van der Waals surface area contributed by atoms with Crippen molar-refractivity contribution in [2.75, 3.05) is 13.3 Å². The van der Waals surface area contributed by atoms with Gasteiger partial charge < -0.3 is 4.90 Å². The summed E-state index contributed by atoms with van der Waals surface area (Å²) >= 11 is 0. The zero-order chi connectivity index (χ0) is 17.7. The third-order valence-corrected chi connectivity index (χ3v) is 4.98. The number of carbonyl (C=O) groups excluding carboxylic acids is 1. The van der Waals surface area contributed by atoms with E-state index in [1.807, 2.05) is 25.1 Å². The molecule has 1 amide bonds. The average molecular weight is 346 g/mol. The standard InChI is InChI=1S/C18H22N2O3S/c1-14-6-5-11-19-17(14)9-10-18(21)20(2)13-15-7-4-8-16(12-15)24(3,22)23/h4-8,11-12H,9-10,13H2,1-3H3. The number of nitrogens with zero attached hydrogens (tertiary/aromatic N) is 2. The normalized spacial score (nSPS) is 11.3. The first kappa shape index (κ1) is 18.1. The molecule has 2 aromatic rings. The second kappa shape index (κ2) is 7.57. The Balaban J connectivity index is 1.98. The Morgan fingerprint density at radius 3 is 2.62 bits per heavy atom. The molecule has 1 aromatic carbocycles. The van der Waals surface area contributed by atoms with Crippen molar-refractivity contribution in [3.63, 3.8) is 0 Å². The number of pyridine rings is 1. The van der Waals surface area contributed by atoms with Crippen molar-refractivity contribution in [2.24, 2.45) is 0 Å². The van der Waals surface area contributed by atoms with Gasteiger partial charge in [0.2, 0.25) is 5.91 Å². The van der Waals surface area contributed by atoms with Gasteiger partial charge in [-0.2, -0.15) is 0 Å². The first-order chi connectivity index (χ1) is 11.3. The Bertz CT molecular complexity index is 832. The van der Waals surface area contributed by atoms with Crippen LogP contribution in [0.3, 0.4) is 0 Å². The monoisotopic (exact) mass is 346 g/mol. The minimum Gasteiger partial charge on any atom is -0.341 e. The Morgan fingerprint density at radius 2 is 1.96 bits per heavy atom. The molecule has 1 aromatic heterocycles. The molecule has 0 saturated carbocycles. The van der Waals surface area contributed by atoms with Crippen molar-refractivity contribution >= 4 is 15.7 Å². The van der Waals surface area contributed by atoms with Gasteiger partial charge in [0.15, 0.2) is 9.84 Å². The van der Waals surface area contributed by atoms with Crippen LogP contribution in [0, 0.1) is 6.92 Å². The number of sulfone groups is 1. The molecule has 0 radical (unpaired) electrons. The van der Waals surface area contributed by atoms with Crippen LogP contribution in [0.2, 0.25) is 0 Å². The maximum atomic E-state index is 12.3. The van der Waals surface area contributed by atoms with Crippen molar-refractivity contribution in [1.29, 1.82) is 0 Å². The summed E-state index contributed by atoms with van der Waals surface area (Å²) in [6.07, 6.45) is 3.88. The minimum absolute atomic E-state index is 0.00446. The van der Waals surface area contributed by atoms with E-state index in [0.29, 0.717) is 19.4 Å². The van der Waals surface area contributed by atoms with Crippen molar-refractivity contribution in [1.82, 2.24) is 9.88 Å². The Hall–Kier alpha value is -2.21. The van der Waals surface area contributed by atoms with E-state index >= 15 is 0 Å². The molecule has 0 atom stereocenters. The van der Waals surface area contributed by atoms with Crippen LogP contribution in [-0.4, -0.2) is 37.5 Å². The van der Waals surface area contributed by atoms with Gasteiger partial charge in [-0.15, -0.1) is 0 Å². The summed E-state index contributed by atoms with van der Waals surface area (Å²) in [5.74, 6) is 0.00446. The van der Waals surface area contributed by atoms with Gasteiger partial charge in [-0.05, 0) is 42.7 Å². The van der Waals surface area contributed by atoms with Crippen LogP contribution < -0.4 is 0 Å². The van der Waals surface area contributed by atoms with E-state index in [1.54, 1.807) is 36.3 Å². The number of aryl methyl sites for hydroxylation is 2. The number of hydrogen-bond donors (Lipinski definition) is 0. The first-order valence-corrected chi connectivity index (χ1v) is 9.60. The summed E-state index contributed by atoms with van der Waals surface area (Å²) < 4.78 is 23.2. The lowest BCUT2D eigenvalue weighted by molar-refractivity contribution is -0.130. The van der Waals surface area contributed by atoms with Gasteiger partial charge in [0.1, 0.15) is 0 Å². The highest BCUT2D eigenvalue weighted by Crippen LogP contribution is 2.14. The highest BCUT2D eigenvalue weighted by molar-refractivity contribution is 7.90. The maximum Gasteiger partial charge on any atom is 0.223 e. The summed E-state index contributed by atoms with van der Waals surface area (Å²) in [5.41, 5.74) is 2.80. The number of benzene rings is 1. The predicted octanol–water partition coefficient (Wildman–Crippen LogP) is 2.38. The number of aromatic nitrogens is 1. The molecule has 0 bridgehead atoms. The smallest absolute Gasteiger partial charge is 0.223 e. The fourth-order valence-electron chi connectivity index (χ4n) is 2.43. The molecular weight excluding hydrogens is 324 g/mol. The lowest BCUT2D eigenvalue weighted by atomic mass is 10.1. The third-order valence-electron chi connectivity index (χ3n) is 3.87. The average Bonchev–Trinajstić information content (AvgIpc) is 2.53. The van der Waals surface area contributed by atoms with Gasteiger partial charge in [-0.1, -0.05) is 18.2 Å². The van der Waals surface area contributed by atoms with Crippen LogP contribution in [-0.2, 0) is 27.6 Å². The molecule has 2 rings (SSSR count). The number of amides is 1. The van der Waals surface area contributed by atoms with Gasteiger partial charge in [-0.25, -0.2) is 8.42 Å². The summed E-state index contributed by atoms with van der Waals surface area (Å²) in [7, 11) is -1.52. The lowest BCUT2D eigenvalue weighted by Crippen LogP contribution is -2.26. The van der Waals surface area contributed by atoms with E-state index in [1.165, 1.54) is 6.26 Å². The SMILES string of the molecule is Cc1cccnc1CCC(=O)N(C)Cc1cccc(S(C)(=O)=O)c1. The molecule has 6 heteroatoms. The van der Waals surface area contributed by atoms with E-state index in [9.17, 15) is 13.2 Å². The van der Waals surface area contributed by atoms with E-state index < -0.39 is 9.84 Å². The lowest BCUT2D eigenvalue weighted by Gasteiger charge is -2.18. The fourth-order valence-corrected chi connectivity index (χ4v) is 3.12. The van der Waals surface area contributed by atoms with E-state index in [2.05, 4.69) is 4.98 Å². The van der Waals surface area contributed by atoms with Gasteiger partial charge in [0.25, 0.3) is 0 Å². The van der Waals surface area contributed by atoms with Crippen molar-refractivity contribution in [3.8, 4) is 0 Å². The van der Waals surface area contributed by atoms with Crippen LogP contribution >= 0.6 is 0 Å². The molecule has 0 saturated heterocycles. The summed E-state index contributed by atoms with van der Waals surface area (Å²) in [6.45, 7) is 2.36.